The van der Waals surface area contributed by atoms with Crippen molar-refractivity contribution >= 4 is 11.6 Å². The van der Waals surface area contributed by atoms with Crippen LogP contribution in [0.25, 0.3) is 0 Å². The summed E-state index contributed by atoms with van der Waals surface area (Å²) >= 11 is 5.77. The summed E-state index contributed by atoms with van der Waals surface area (Å²) in [6.45, 7) is 2.11. The molecule has 0 saturated heterocycles. The van der Waals surface area contributed by atoms with Crippen LogP contribution in [0.3, 0.4) is 0 Å². The molecule has 0 radical (unpaired) electrons. The first-order valence-corrected chi connectivity index (χ1v) is 4.78. The first-order chi connectivity index (χ1) is 5.90. The topological polar surface area (TPSA) is 3.24 Å². The minimum Gasteiger partial charge on any atom is -0.285 e. The van der Waals surface area contributed by atoms with Crippen molar-refractivity contribution in [3.05, 3.63) is 35.4 Å². The number of hydrogen-bond donors (Lipinski definition) is 0. The van der Waals surface area contributed by atoms with Crippen molar-refractivity contribution in [2.45, 2.75) is 27.8 Å². The monoisotopic (exact) mass is 213 g/mol. The minimum absolute atomic E-state index is 0. The SMILES string of the molecule is C.C.ClCN1CCc2ccccc2C1. The second-order valence-corrected chi connectivity index (χ2v) is 3.43. The lowest BCUT2D eigenvalue weighted by atomic mass is 10.0. The van der Waals surface area contributed by atoms with Gasteiger partial charge in [0.25, 0.3) is 0 Å². The predicted molar refractivity (Wildman–Crippen MR) is 64.7 cm³/mol. The molecule has 0 saturated carbocycles. The van der Waals surface area contributed by atoms with Crippen LogP contribution in [0, 0.1) is 0 Å². The van der Waals surface area contributed by atoms with Gasteiger partial charge in [0.05, 0.1) is 6.00 Å². The molecule has 1 aliphatic heterocycles. The molecule has 0 bridgehead atoms. The minimum atomic E-state index is 0. The van der Waals surface area contributed by atoms with Crippen molar-refractivity contribution < 1.29 is 0 Å². The number of alkyl halides is 1. The Bertz CT molecular complexity index is 273. The van der Waals surface area contributed by atoms with Gasteiger partial charge in [-0.3, -0.25) is 4.90 Å². The number of fused-ring (bicyclic) bond motifs is 1. The Balaban J connectivity index is 0.000000845. The van der Waals surface area contributed by atoms with Crippen molar-refractivity contribution in [2.24, 2.45) is 0 Å². The molecule has 1 aromatic rings. The van der Waals surface area contributed by atoms with Gasteiger partial charge in [0.15, 0.2) is 0 Å². The van der Waals surface area contributed by atoms with E-state index in [-0.39, 0.29) is 14.9 Å². The molecule has 2 rings (SSSR count). The van der Waals surface area contributed by atoms with E-state index in [9.17, 15) is 0 Å². The molecule has 1 aliphatic rings. The molecule has 14 heavy (non-hydrogen) atoms. The van der Waals surface area contributed by atoms with Gasteiger partial charge in [-0.05, 0) is 17.5 Å². The van der Waals surface area contributed by atoms with Gasteiger partial charge in [0.2, 0.25) is 0 Å². The van der Waals surface area contributed by atoms with E-state index in [0.717, 1.165) is 19.5 Å². The van der Waals surface area contributed by atoms with Gasteiger partial charge in [0.1, 0.15) is 0 Å². The van der Waals surface area contributed by atoms with Crippen molar-refractivity contribution in [1.29, 1.82) is 0 Å². The zero-order valence-electron chi connectivity index (χ0n) is 6.96. The zero-order chi connectivity index (χ0) is 8.39. The molecule has 0 N–H and O–H groups in total. The summed E-state index contributed by atoms with van der Waals surface area (Å²) in [5.41, 5.74) is 2.92. The standard InChI is InChI=1S/C10H12ClN.2CH4/c11-8-12-6-5-9-3-1-2-4-10(9)7-12;;/h1-4H,5-8H2;2*1H4. The normalized spacial score (nSPS) is 14.9. The molecule has 80 valence electrons. The summed E-state index contributed by atoms with van der Waals surface area (Å²) in [5, 5.41) is 0. The highest BCUT2D eigenvalue weighted by atomic mass is 35.5. The van der Waals surface area contributed by atoms with Gasteiger partial charge >= 0.3 is 0 Å². The molecule has 0 aliphatic carbocycles. The summed E-state index contributed by atoms with van der Waals surface area (Å²) in [7, 11) is 0. The first kappa shape index (κ1) is 13.5. The zero-order valence-corrected chi connectivity index (χ0v) is 7.72. The molecule has 0 unspecified atom stereocenters. The Kier molecular flexibility index (Phi) is 5.82. The largest absolute Gasteiger partial charge is 0.285 e. The molecule has 0 amide bonds. The molecule has 0 fully saturated rings. The number of halogens is 1. The van der Waals surface area contributed by atoms with Gasteiger partial charge in [0, 0.05) is 13.1 Å². The van der Waals surface area contributed by atoms with E-state index >= 15 is 0 Å². The molecule has 2 heteroatoms. The van der Waals surface area contributed by atoms with Crippen LogP contribution < -0.4 is 0 Å². The highest BCUT2D eigenvalue weighted by Gasteiger charge is 2.13. The molecular weight excluding hydrogens is 194 g/mol. The van der Waals surface area contributed by atoms with E-state index in [1.807, 2.05) is 0 Å². The highest BCUT2D eigenvalue weighted by Crippen LogP contribution is 2.18. The summed E-state index contributed by atoms with van der Waals surface area (Å²) in [6, 6.07) is 9.25. The van der Waals surface area contributed by atoms with E-state index in [0.29, 0.717) is 6.00 Å². The van der Waals surface area contributed by atoms with Gasteiger partial charge in [-0.25, -0.2) is 0 Å². The smallest absolute Gasteiger partial charge is 0.0741 e. The van der Waals surface area contributed by atoms with Gasteiger partial charge in [-0.2, -0.15) is 0 Å². The van der Waals surface area contributed by atoms with E-state index in [4.69, 9.17) is 11.6 Å². The second-order valence-electron chi connectivity index (χ2n) is 3.19. The summed E-state index contributed by atoms with van der Waals surface area (Å²) < 4.78 is 0. The summed E-state index contributed by atoms with van der Waals surface area (Å²) in [6.07, 6.45) is 1.14. The van der Waals surface area contributed by atoms with E-state index < -0.39 is 0 Å². The second kappa shape index (κ2) is 6.05. The van der Waals surface area contributed by atoms with Crippen molar-refractivity contribution in [1.82, 2.24) is 4.90 Å². The van der Waals surface area contributed by atoms with Crippen LogP contribution in [-0.4, -0.2) is 17.4 Å². The maximum absolute atomic E-state index is 5.77. The maximum Gasteiger partial charge on any atom is 0.0741 e. The molecule has 0 atom stereocenters. The van der Waals surface area contributed by atoms with E-state index in [2.05, 4.69) is 29.2 Å². The number of nitrogens with zero attached hydrogens (tertiary/aromatic N) is 1. The average molecular weight is 214 g/mol. The summed E-state index contributed by atoms with van der Waals surface area (Å²) in [5.74, 6) is 0. The van der Waals surface area contributed by atoms with Crippen molar-refractivity contribution in [2.75, 3.05) is 12.5 Å². The van der Waals surface area contributed by atoms with Crippen LogP contribution in [0.5, 0.6) is 0 Å². The van der Waals surface area contributed by atoms with Crippen LogP contribution in [0.2, 0.25) is 0 Å². The van der Waals surface area contributed by atoms with Gasteiger partial charge in [-0.15, -0.1) is 11.6 Å². The van der Waals surface area contributed by atoms with Crippen LogP contribution in [0.1, 0.15) is 26.0 Å². The van der Waals surface area contributed by atoms with Crippen LogP contribution in [0.15, 0.2) is 24.3 Å². The van der Waals surface area contributed by atoms with Crippen molar-refractivity contribution in [3.63, 3.8) is 0 Å². The van der Waals surface area contributed by atoms with E-state index in [1.54, 1.807) is 0 Å². The Morgan fingerprint density at radius 1 is 1.14 bits per heavy atom. The molecular formula is C12H20ClN. The van der Waals surface area contributed by atoms with Crippen LogP contribution in [0.4, 0.5) is 0 Å². The number of hydrogen-bond acceptors (Lipinski definition) is 1. The Labute approximate surface area is 92.7 Å². The molecule has 1 heterocycles. The lowest BCUT2D eigenvalue weighted by Gasteiger charge is -2.26. The fourth-order valence-electron chi connectivity index (χ4n) is 1.66. The average Bonchev–Trinajstić information content (AvgIpc) is 2.17. The van der Waals surface area contributed by atoms with Crippen molar-refractivity contribution in [3.8, 4) is 0 Å². The third-order valence-electron chi connectivity index (χ3n) is 2.38. The third-order valence-corrected chi connectivity index (χ3v) is 2.72. The Morgan fingerprint density at radius 2 is 1.79 bits per heavy atom. The Morgan fingerprint density at radius 3 is 2.43 bits per heavy atom. The van der Waals surface area contributed by atoms with Crippen LogP contribution >= 0.6 is 11.6 Å². The first-order valence-electron chi connectivity index (χ1n) is 4.25. The third kappa shape index (κ3) is 2.73. The van der Waals surface area contributed by atoms with Crippen LogP contribution in [-0.2, 0) is 13.0 Å². The Hall–Kier alpha value is -0.530. The highest BCUT2D eigenvalue weighted by molar-refractivity contribution is 6.17. The maximum atomic E-state index is 5.77. The number of rotatable bonds is 1. The summed E-state index contributed by atoms with van der Waals surface area (Å²) in [4.78, 5) is 2.25. The fraction of sp³-hybridized carbons (Fsp3) is 0.500. The fourth-order valence-corrected chi connectivity index (χ4v) is 1.86. The lowest BCUT2D eigenvalue weighted by Crippen LogP contribution is -2.29. The molecule has 0 spiro atoms. The number of benzene rings is 1. The van der Waals surface area contributed by atoms with Gasteiger partial charge in [-0.1, -0.05) is 39.1 Å². The molecule has 1 nitrogen and oxygen atoms in total. The van der Waals surface area contributed by atoms with E-state index in [1.165, 1.54) is 11.1 Å². The van der Waals surface area contributed by atoms with Gasteiger partial charge < -0.3 is 0 Å². The predicted octanol–water partition coefficient (Wildman–Crippen LogP) is 3.51. The quantitative estimate of drug-likeness (QED) is 0.510. The molecule has 1 aromatic carbocycles. The molecule has 0 aromatic heterocycles. The lowest BCUT2D eigenvalue weighted by molar-refractivity contribution is 0.297.